The molecular formula is C20H19NO2. The maximum Gasteiger partial charge on any atom is 0.161 e. The Bertz CT molecular complexity index is 835. The zero-order valence-corrected chi connectivity index (χ0v) is 13.3. The Labute approximate surface area is 136 Å². The van der Waals surface area contributed by atoms with Gasteiger partial charge in [-0.3, -0.25) is 4.98 Å². The maximum atomic E-state index is 5.55. The number of para-hydroxylation sites is 1. The van der Waals surface area contributed by atoms with E-state index in [1.54, 1.807) is 7.11 Å². The van der Waals surface area contributed by atoms with Crippen molar-refractivity contribution in [1.82, 2.24) is 4.98 Å². The van der Waals surface area contributed by atoms with Crippen LogP contribution in [0.1, 0.15) is 18.1 Å². The minimum Gasteiger partial charge on any atom is -0.493 e. The molecule has 0 saturated carbocycles. The van der Waals surface area contributed by atoms with E-state index in [9.17, 15) is 0 Å². The monoisotopic (exact) mass is 305 g/mol. The van der Waals surface area contributed by atoms with E-state index in [1.807, 2.05) is 55.6 Å². The summed E-state index contributed by atoms with van der Waals surface area (Å²) < 4.78 is 10.9. The molecule has 3 aromatic rings. The molecule has 0 N–H and O–H groups in total. The van der Waals surface area contributed by atoms with E-state index >= 15 is 0 Å². The third kappa shape index (κ3) is 3.34. The molecule has 0 aliphatic heterocycles. The van der Waals surface area contributed by atoms with Gasteiger partial charge in [-0.05, 0) is 42.3 Å². The lowest BCUT2D eigenvalue weighted by Gasteiger charge is -2.09. The molecule has 0 bridgehead atoms. The number of rotatable bonds is 5. The van der Waals surface area contributed by atoms with Gasteiger partial charge < -0.3 is 9.47 Å². The highest BCUT2D eigenvalue weighted by atomic mass is 16.5. The maximum absolute atomic E-state index is 5.55. The van der Waals surface area contributed by atoms with Crippen molar-refractivity contribution in [3.63, 3.8) is 0 Å². The van der Waals surface area contributed by atoms with Crippen LogP contribution in [0.15, 0.2) is 54.7 Å². The van der Waals surface area contributed by atoms with Crippen LogP contribution in [-0.4, -0.2) is 18.7 Å². The van der Waals surface area contributed by atoms with E-state index in [-0.39, 0.29) is 0 Å². The van der Waals surface area contributed by atoms with Crippen molar-refractivity contribution >= 4 is 23.1 Å². The molecule has 0 radical (unpaired) electrons. The first kappa shape index (κ1) is 15.1. The van der Waals surface area contributed by atoms with E-state index in [2.05, 4.69) is 23.2 Å². The van der Waals surface area contributed by atoms with Crippen LogP contribution in [0.5, 0.6) is 11.5 Å². The summed E-state index contributed by atoms with van der Waals surface area (Å²) in [4.78, 5) is 4.39. The van der Waals surface area contributed by atoms with Gasteiger partial charge in [-0.2, -0.15) is 0 Å². The fourth-order valence-corrected chi connectivity index (χ4v) is 2.51. The number of hydrogen-bond acceptors (Lipinski definition) is 3. The summed E-state index contributed by atoms with van der Waals surface area (Å²) >= 11 is 0. The molecule has 0 atom stereocenters. The van der Waals surface area contributed by atoms with Crippen molar-refractivity contribution in [1.29, 1.82) is 0 Å². The predicted octanol–water partition coefficient (Wildman–Crippen LogP) is 4.81. The molecule has 3 rings (SSSR count). The number of ether oxygens (including phenoxy) is 2. The Balaban J connectivity index is 1.93. The predicted molar refractivity (Wildman–Crippen MR) is 94.8 cm³/mol. The van der Waals surface area contributed by atoms with Crippen molar-refractivity contribution in [2.24, 2.45) is 0 Å². The molecule has 2 aromatic carbocycles. The molecule has 1 aromatic heterocycles. The molecule has 0 unspecified atom stereocenters. The van der Waals surface area contributed by atoms with E-state index in [0.29, 0.717) is 6.61 Å². The van der Waals surface area contributed by atoms with E-state index in [4.69, 9.17) is 9.47 Å². The van der Waals surface area contributed by atoms with Crippen molar-refractivity contribution in [3.05, 3.63) is 65.9 Å². The summed E-state index contributed by atoms with van der Waals surface area (Å²) in [5.74, 6) is 1.51. The minimum absolute atomic E-state index is 0.620. The number of hydrogen-bond donors (Lipinski definition) is 0. The van der Waals surface area contributed by atoms with E-state index < -0.39 is 0 Å². The summed E-state index contributed by atoms with van der Waals surface area (Å²) in [6.07, 6.45) is 6.00. The Morgan fingerprint density at radius 1 is 1.00 bits per heavy atom. The zero-order chi connectivity index (χ0) is 16.1. The number of methoxy groups -OCH3 is 1. The molecule has 3 heteroatoms. The number of pyridine rings is 1. The van der Waals surface area contributed by atoms with E-state index in [0.717, 1.165) is 33.5 Å². The van der Waals surface area contributed by atoms with Gasteiger partial charge in [0.2, 0.25) is 0 Å². The highest BCUT2D eigenvalue weighted by Gasteiger charge is 2.04. The molecule has 23 heavy (non-hydrogen) atoms. The molecule has 116 valence electrons. The highest BCUT2D eigenvalue weighted by Crippen LogP contribution is 2.29. The smallest absolute Gasteiger partial charge is 0.161 e. The zero-order valence-electron chi connectivity index (χ0n) is 13.3. The summed E-state index contributed by atoms with van der Waals surface area (Å²) in [7, 11) is 1.65. The van der Waals surface area contributed by atoms with Gasteiger partial charge in [0.25, 0.3) is 0 Å². The highest BCUT2D eigenvalue weighted by molar-refractivity contribution is 5.90. The number of nitrogens with zero attached hydrogens (tertiary/aromatic N) is 1. The van der Waals surface area contributed by atoms with Gasteiger partial charge in [-0.15, -0.1) is 0 Å². The van der Waals surface area contributed by atoms with Gasteiger partial charge in [-0.1, -0.05) is 36.4 Å². The SMILES string of the molecule is CCOc1ccc(C=Cc2ccnc3ccccc23)cc1OC. The van der Waals surface area contributed by atoms with Crippen molar-refractivity contribution in [2.45, 2.75) is 6.92 Å². The minimum atomic E-state index is 0.620. The Morgan fingerprint density at radius 3 is 2.70 bits per heavy atom. The van der Waals surface area contributed by atoms with Gasteiger partial charge in [0.1, 0.15) is 0 Å². The first-order valence-electron chi connectivity index (χ1n) is 7.64. The Morgan fingerprint density at radius 2 is 1.87 bits per heavy atom. The van der Waals surface area contributed by atoms with Crippen LogP contribution in [-0.2, 0) is 0 Å². The number of fused-ring (bicyclic) bond motifs is 1. The summed E-state index contributed by atoms with van der Waals surface area (Å²) in [6.45, 7) is 2.58. The van der Waals surface area contributed by atoms with Crippen LogP contribution in [0.2, 0.25) is 0 Å². The van der Waals surface area contributed by atoms with Crippen LogP contribution in [0, 0.1) is 0 Å². The molecule has 0 saturated heterocycles. The topological polar surface area (TPSA) is 31.4 Å². The first-order chi connectivity index (χ1) is 11.3. The molecule has 0 aliphatic rings. The van der Waals surface area contributed by atoms with Gasteiger partial charge in [0.15, 0.2) is 11.5 Å². The number of aromatic nitrogens is 1. The van der Waals surface area contributed by atoms with Crippen LogP contribution in [0.4, 0.5) is 0 Å². The molecular weight excluding hydrogens is 286 g/mol. The molecule has 0 fully saturated rings. The second-order valence-electron chi connectivity index (χ2n) is 5.09. The van der Waals surface area contributed by atoms with Crippen molar-refractivity contribution in [3.8, 4) is 11.5 Å². The van der Waals surface area contributed by atoms with Crippen LogP contribution in [0.25, 0.3) is 23.1 Å². The first-order valence-corrected chi connectivity index (χ1v) is 7.64. The second kappa shape index (κ2) is 6.97. The lowest BCUT2D eigenvalue weighted by Crippen LogP contribution is -1.95. The third-order valence-corrected chi connectivity index (χ3v) is 3.63. The molecule has 0 aliphatic carbocycles. The summed E-state index contributed by atoms with van der Waals surface area (Å²) in [5, 5.41) is 1.14. The quantitative estimate of drug-likeness (QED) is 0.677. The van der Waals surface area contributed by atoms with Crippen LogP contribution in [0.3, 0.4) is 0 Å². The van der Waals surface area contributed by atoms with E-state index in [1.165, 1.54) is 0 Å². The average molecular weight is 305 g/mol. The number of benzene rings is 2. The average Bonchev–Trinajstić information content (AvgIpc) is 2.61. The van der Waals surface area contributed by atoms with Crippen molar-refractivity contribution in [2.75, 3.05) is 13.7 Å². The molecule has 1 heterocycles. The Kier molecular flexibility index (Phi) is 4.57. The van der Waals surface area contributed by atoms with Gasteiger partial charge in [-0.25, -0.2) is 0 Å². The van der Waals surface area contributed by atoms with Crippen molar-refractivity contribution < 1.29 is 9.47 Å². The van der Waals surface area contributed by atoms with Gasteiger partial charge in [0, 0.05) is 11.6 Å². The lowest BCUT2D eigenvalue weighted by molar-refractivity contribution is 0.311. The third-order valence-electron chi connectivity index (χ3n) is 3.63. The lowest BCUT2D eigenvalue weighted by atomic mass is 10.1. The largest absolute Gasteiger partial charge is 0.493 e. The summed E-state index contributed by atoms with van der Waals surface area (Å²) in [6, 6.07) is 16.1. The fraction of sp³-hybridized carbons (Fsp3) is 0.150. The van der Waals surface area contributed by atoms with Gasteiger partial charge in [0.05, 0.1) is 19.2 Å². The second-order valence-corrected chi connectivity index (χ2v) is 5.09. The van der Waals surface area contributed by atoms with Crippen LogP contribution >= 0.6 is 0 Å². The standard InChI is InChI=1S/C20H19NO2/c1-3-23-19-11-9-15(14-20(19)22-2)8-10-16-12-13-21-18-7-5-4-6-17(16)18/h4-14H,3H2,1-2H3. The molecule has 0 amide bonds. The fourth-order valence-electron chi connectivity index (χ4n) is 2.51. The van der Waals surface area contributed by atoms with Crippen LogP contribution < -0.4 is 9.47 Å². The normalized spacial score (nSPS) is 11.0. The van der Waals surface area contributed by atoms with Gasteiger partial charge >= 0.3 is 0 Å². The molecule has 3 nitrogen and oxygen atoms in total. The molecule has 0 spiro atoms. The Hall–Kier alpha value is -2.81. The summed E-state index contributed by atoms with van der Waals surface area (Å²) in [5.41, 5.74) is 3.20.